The number of hydrogen-bond donors (Lipinski definition) is 0. The first-order valence-corrected chi connectivity index (χ1v) is 9.52. The van der Waals surface area contributed by atoms with Crippen molar-refractivity contribution in [1.82, 2.24) is 15.1 Å². The van der Waals surface area contributed by atoms with Crippen LogP contribution in [0.2, 0.25) is 0 Å². The average molecular weight is 343 g/mol. The average Bonchev–Trinajstić information content (AvgIpc) is 3.14. The van der Waals surface area contributed by atoms with Gasteiger partial charge in [0, 0.05) is 18.2 Å². The Kier molecular flexibility index (Phi) is 4.56. The van der Waals surface area contributed by atoms with Crippen LogP contribution < -0.4 is 0 Å². The predicted molar refractivity (Wildman–Crippen MR) is 91.5 cm³/mol. The van der Waals surface area contributed by atoms with E-state index in [1.165, 1.54) is 24.0 Å². The van der Waals surface area contributed by atoms with Crippen LogP contribution in [-0.2, 0) is 17.8 Å². The van der Waals surface area contributed by atoms with Crippen LogP contribution in [0.4, 0.5) is 0 Å². The third kappa shape index (κ3) is 3.34. The van der Waals surface area contributed by atoms with Gasteiger partial charge in [-0.25, -0.2) is 0 Å². The van der Waals surface area contributed by atoms with Gasteiger partial charge in [-0.05, 0) is 36.8 Å². The van der Waals surface area contributed by atoms with E-state index in [1.54, 1.807) is 16.7 Å². The highest BCUT2D eigenvalue weighted by molar-refractivity contribution is 7.99. The van der Waals surface area contributed by atoms with Gasteiger partial charge in [-0.1, -0.05) is 42.4 Å². The topological polar surface area (TPSA) is 59.2 Å². The second kappa shape index (κ2) is 6.97. The van der Waals surface area contributed by atoms with Crippen molar-refractivity contribution in [3.63, 3.8) is 0 Å². The molecule has 1 aromatic carbocycles. The Hall–Kier alpha value is -1.82. The number of likely N-dealkylation sites (tertiary alicyclic amines) is 1. The van der Waals surface area contributed by atoms with Crippen LogP contribution in [0.15, 0.2) is 33.9 Å². The molecule has 0 saturated carbocycles. The minimum absolute atomic E-state index is 0.181. The van der Waals surface area contributed by atoms with Gasteiger partial charge in [-0.2, -0.15) is 0 Å². The van der Waals surface area contributed by atoms with E-state index in [4.69, 9.17) is 4.42 Å². The summed E-state index contributed by atoms with van der Waals surface area (Å²) >= 11 is 1.66. The molecule has 0 spiro atoms. The van der Waals surface area contributed by atoms with Crippen LogP contribution in [-0.4, -0.2) is 27.5 Å². The maximum Gasteiger partial charge on any atom is 0.277 e. The van der Waals surface area contributed by atoms with Gasteiger partial charge in [0.1, 0.15) is 0 Å². The lowest BCUT2D eigenvalue weighted by atomic mass is 10.0. The molecule has 6 heteroatoms. The van der Waals surface area contributed by atoms with Crippen molar-refractivity contribution in [3.8, 4) is 0 Å². The Balaban J connectivity index is 1.47. The molecule has 5 nitrogen and oxygen atoms in total. The summed E-state index contributed by atoms with van der Waals surface area (Å²) in [6.07, 6.45) is 6.29. The third-order valence-corrected chi connectivity index (χ3v) is 5.89. The number of carbonyl (C=O) groups excluding carboxylic acids is 1. The van der Waals surface area contributed by atoms with E-state index in [2.05, 4.69) is 34.5 Å². The number of rotatable bonds is 4. The first-order chi connectivity index (χ1) is 11.8. The van der Waals surface area contributed by atoms with E-state index in [1.807, 2.05) is 0 Å². The molecule has 1 aromatic heterocycles. The van der Waals surface area contributed by atoms with Gasteiger partial charge >= 0.3 is 0 Å². The summed E-state index contributed by atoms with van der Waals surface area (Å²) in [6, 6.07) is 8.67. The molecular weight excluding hydrogens is 322 g/mol. The molecule has 0 bridgehead atoms. The lowest BCUT2D eigenvalue weighted by Gasteiger charge is -2.15. The minimum atomic E-state index is 0.181. The number of aryl methyl sites for hydroxylation is 1. The first-order valence-electron chi connectivity index (χ1n) is 8.64. The van der Waals surface area contributed by atoms with Crippen molar-refractivity contribution >= 4 is 17.7 Å². The SMILES string of the molecule is O=C1CCCN1Cc1nnc(S[C@H]2CCCCc3ccccc32)o1. The number of amides is 1. The zero-order chi connectivity index (χ0) is 16.4. The van der Waals surface area contributed by atoms with Gasteiger partial charge in [-0.3, -0.25) is 4.79 Å². The number of hydrogen-bond acceptors (Lipinski definition) is 5. The quantitative estimate of drug-likeness (QED) is 0.791. The summed E-state index contributed by atoms with van der Waals surface area (Å²) < 4.78 is 5.80. The van der Waals surface area contributed by atoms with Crippen molar-refractivity contribution in [3.05, 3.63) is 41.3 Å². The summed E-state index contributed by atoms with van der Waals surface area (Å²) in [5.41, 5.74) is 2.84. The Morgan fingerprint density at radius 1 is 1.17 bits per heavy atom. The molecule has 1 saturated heterocycles. The second-order valence-electron chi connectivity index (χ2n) is 6.43. The smallest absolute Gasteiger partial charge is 0.277 e. The fourth-order valence-corrected chi connectivity index (χ4v) is 4.62. The van der Waals surface area contributed by atoms with E-state index >= 15 is 0 Å². The number of benzene rings is 1. The standard InChI is InChI=1S/C18H21N3O2S/c22-17-10-5-11-21(17)12-16-19-20-18(23-16)24-15-9-4-2-7-13-6-1-3-8-14(13)15/h1,3,6,8,15H,2,4-5,7,9-12H2/t15-/m0/s1. The van der Waals surface area contributed by atoms with Gasteiger partial charge in [-0.15, -0.1) is 10.2 Å². The number of carbonyl (C=O) groups is 1. The minimum Gasteiger partial charge on any atom is -0.414 e. The highest BCUT2D eigenvalue weighted by Crippen LogP contribution is 2.41. The zero-order valence-electron chi connectivity index (χ0n) is 13.6. The molecule has 0 radical (unpaired) electrons. The Morgan fingerprint density at radius 3 is 2.96 bits per heavy atom. The molecular formula is C18H21N3O2S. The molecule has 126 valence electrons. The molecule has 2 heterocycles. The van der Waals surface area contributed by atoms with E-state index in [0.717, 1.165) is 25.8 Å². The lowest BCUT2D eigenvalue weighted by Crippen LogP contribution is -2.23. The molecule has 1 atom stereocenters. The van der Waals surface area contributed by atoms with Crippen molar-refractivity contribution in [1.29, 1.82) is 0 Å². The number of nitrogens with zero attached hydrogens (tertiary/aromatic N) is 3. The lowest BCUT2D eigenvalue weighted by molar-refractivity contribution is -0.128. The van der Waals surface area contributed by atoms with Crippen LogP contribution in [0.5, 0.6) is 0 Å². The van der Waals surface area contributed by atoms with E-state index in [9.17, 15) is 4.79 Å². The molecule has 1 aliphatic carbocycles. The monoisotopic (exact) mass is 343 g/mol. The zero-order valence-corrected chi connectivity index (χ0v) is 14.4. The van der Waals surface area contributed by atoms with E-state index in [0.29, 0.717) is 29.3 Å². The second-order valence-corrected chi connectivity index (χ2v) is 7.59. The number of fused-ring (bicyclic) bond motifs is 1. The largest absolute Gasteiger partial charge is 0.414 e. The molecule has 2 aromatic rings. The van der Waals surface area contributed by atoms with Crippen LogP contribution in [0.3, 0.4) is 0 Å². The summed E-state index contributed by atoms with van der Waals surface area (Å²) in [4.78, 5) is 13.5. The molecule has 4 rings (SSSR count). The normalized spacial score (nSPS) is 20.9. The molecule has 2 aliphatic rings. The van der Waals surface area contributed by atoms with Gasteiger partial charge in [0.15, 0.2) is 0 Å². The van der Waals surface area contributed by atoms with Crippen molar-refractivity contribution < 1.29 is 9.21 Å². The highest BCUT2D eigenvalue weighted by Gasteiger charge is 2.24. The first kappa shape index (κ1) is 15.7. The van der Waals surface area contributed by atoms with Crippen LogP contribution >= 0.6 is 11.8 Å². The fourth-order valence-electron chi connectivity index (χ4n) is 3.50. The molecule has 1 aliphatic heterocycles. The van der Waals surface area contributed by atoms with Crippen molar-refractivity contribution in [2.24, 2.45) is 0 Å². The Labute approximate surface area is 145 Å². The van der Waals surface area contributed by atoms with Crippen LogP contribution in [0.1, 0.15) is 54.4 Å². The Morgan fingerprint density at radius 2 is 2.08 bits per heavy atom. The van der Waals surface area contributed by atoms with Crippen molar-refractivity contribution in [2.45, 2.75) is 55.5 Å². The van der Waals surface area contributed by atoms with Gasteiger partial charge < -0.3 is 9.32 Å². The molecule has 24 heavy (non-hydrogen) atoms. The van der Waals surface area contributed by atoms with Crippen LogP contribution in [0.25, 0.3) is 0 Å². The summed E-state index contributed by atoms with van der Waals surface area (Å²) in [7, 11) is 0. The summed E-state index contributed by atoms with van der Waals surface area (Å²) in [5.74, 6) is 0.717. The summed E-state index contributed by atoms with van der Waals surface area (Å²) in [5, 5.41) is 9.29. The van der Waals surface area contributed by atoms with Gasteiger partial charge in [0.05, 0.1) is 6.54 Å². The Bertz CT molecular complexity index is 731. The molecule has 1 fully saturated rings. The number of aromatic nitrogens is 2. The van der Waals surface area contributed by atoms with Gasteiger partial charge in [0.2, 0.25) is 11.8 Å². The maximum absolute atomic E-state index is 11.7. The highest BCUT2D eigenvalue weighted by atomic mass is 32.2. The van der Waals surface area contributed by atoms with Gasteiger partial charge in [0.25, 0.3) is 5.22 Å². The predicted octanol–water partition coefficient (Wildman–Crippen LogP) is 3.75. The van der Waals surface area contributed by atoms with E-state index in [-0.39, 0.29) is 5.91 Å². The molecule has 0 N–H and O–H groups in total. The number of thioether (sulfide) groups is 1. The summed E-state index contributed by atoms with van der Waals surface area (Å²) in [6.45, 7) is 1.23. The van der Waals surface area contributed by atoms with Crippen molar-refractivity contribution in [2.75, 3.05) is 6.54 Å². The fraction of sp³-hybridized carbons (Fsp3) is 0.500. The third-order valence-electron chi connectivity index (χ3n) is 4.75. The maximum atomic E-state index is 11.7. The molecule has 1 amide bonds. The van der Waals surface area contributed by atoms with Crippen LogP contribution in [0, 0.1) is 0 Å². The molecule has 0 unspecified atom stereocenters. The van der Waals surface area contributed by atoms with E-state index < -0.39 is 0 Å².